The Kier molecular flexibility index (Phi) is 5.22. The largest absolute Gasteiger partial charge is 0.330 e. The summed E-state index contributed by atoms with van der Waals surface area (Å²) in [6, 6.07) is 5.91. The van der Waals surface area contributed by atoms with Gasteiger partial charge in [0.25, 0.3) is 0 Å². The van der Waals surface area contributed by atoms with Crippen molar-refractivity contribution in [2.24, 2.45) is 7.05 Å². The van der Waals surface area contributed by atoms with Crippen molar-refractivity contribution in [2.45, 2.75) is 45.6 Å². The molecule has 0 aliphatic carbocycles. The lowest BCUT2D eigenvalue weighted by Gasteiger charge is -2.31. The van der Waals surface area contributed by atoms with Crippen molar-refractivity contribution in [3.05, 3.63) is 42.1 Å². The van der Waals surface area contributed by atoms with E-state index in [9.17, 15) is 4.79 Å². The van der Waals surface area contributed by atoms with E-state index in [1.54, 1.807) is 0 Å². The van der Waals surface area contributed by atoms with Crippen molar-refractivity contribution >= 4 is 16.7 Å². The topological polar surface area (TPSA) is 63.9 Å². The number of nitrogens with zero attached hydrogens (tertiary/aromatic N) is 5. The van der Waals surface area contributed by atoms with Gasteiger partial charge in [-0.05, 0) is 58.0 Å². The zero-order valence-corrected chi connectivity index (χ0v) is 16.9. The van der Waals surface area contributed by atoms with E-state index in [1.165, 1.54) is 19.3 Å². The summed E-state index contributed by atoms with van der Waals surface area (Å²) in [7, 11) is 1.99. The summed E-state index contributed by atoms with van der Waals surface area (Å²) in [5.74, 6) is 1.18. The summed E-state index contributed by atoms with van der Waals surface area (Å²) in [5.41, 5.74) is 3.50. The second-order valence-corrected chi connectivity index (χ2v) is 7.73. The summed E-state index contributed by atoms with van der Waals surface area (Å²) in [5, 5.41) is 0.975. The van der Waals surface area contributed by atoms with Gasteiger partial charge >= 0.3 is 0 Å². The quantitative estimate of drug-likeness (QED) is 0.682. The first-order valence-electron chi connectivity index (χ1n) is 10.0. The molecule has 1 atom stereocenters. The van der Waals surface area contributed by atoms with Crippen LogP contribution in [-0.2, 0) is 18.3 Å². The molecule has 0 N–H and O–H groups in total. The summed E-state index contributed by atoms with van der Waals surface area (Å²) in [6.45, 7) is 6.04. The van der Waals surface area contributed by atoms with Crippen molar-refractivity contribution < 1.29 is 4.79 Å². The van der Waals surface area contributed by atoms with Crippen LogP contribution in [0.3, 0.4) is 0 Å². The third-order valence-electron chi connectivity index (χ3n) is 5.87. The molecule has 4 heterocycles. The molecule has 1 fully saturated rings. The molecule has 28 heavy (non-hydrogen) atoms. The maximum atomic E-state index is 12.8. The van der Waals surface area contributed by atoms with Gasteiger partial charge in [0, 0.05) is 24.3 Å². The Bertz CT molecular complexity index is 1000. The number of hydrogen-bond donors (Lipinski definition) is 0. The summed E-state index contributed by atoms with van der Waals surface area (Å²) in [6.07, 6.45) is 7.65. The van der Waals surface area contributed by atoms with E-state index in [2.05, 4.69) is 14.9 Å². The van der Waals surface area contributed by atoms with Gasteiger partial charge < -0.3 is 4.57 Å². The normalized spacial score (nSPS) is 16.4. The highest BCUT2D eigenvalue weighted by molar-refractivity contribution is 5.87. The summed E-state index contributed by atoms with van der Waals surface area (Å²) in [4.78, 5) is 28.7. The molecule has 0 saturated carbocycles. The number of carbonyl (C=O) groups excluding carboxylic acids is 1. The van der Waals surface area contributed by atoms with Crippen molar-refractivity contribution in [1.29, 1.82) is 0 Å². The third kappa shape index (κ3) is 3.69. The van der Waals surface area contributed by atoms with E-state index in [1.807, 2.05) is 56.1 Å². The lowest BCUT2D eigenvalue weighted by atomic mass is 10.0. The van der Waals surface area contributed by atoms with E-state index >= 15 is 0 Å². The van der Waals surface area contributed by atoms with Gasteiger partial charge in [0.15, 0.2) is 5.78 Å². The molecule has 4 rings (SSSR count). The molecule has 1 aliphatic rings. The fourth-order valence-electron chi connectivity index (χ4n) is 3.87. The Morgan fingerprint density at radius 3 is 2.64 bits per heavy atom. The standard InChI is InChI=1S/C22H27N5O/c1-15(27-9-5-4-6-10-27)22(28)12-18-11-20-17(13-24-18)7-8-19(25-20)21-14-23-16(2)26(21)3/h7-8,11,13-15H,4-6,9-10,12H2,1-3H3. The Hall–Kier alpha value is -2.60. The predicted octanol–water partition coefficient (Wildman–Crippen LogP) is 3.32. The molecular weight excluding hydrogens is 350 g/mol. The van der Waals surface area contributed by atoms with Gasteiger partial charge in [0.2, 0.25) is 0 Å². The first-order valence-corrected chi connectivity index (χ1v) is 10.0. The average Bonchev–Trinajstić information content (AvgIpc) is 3.06. The molecule has 0 bridgehead atoms. The molecule has 0 radical (unpaired) electrons. The lowest BCUT2D eigenvalue weighted by molar-refractivity contribution is -0.123. The Labute approximate surface area is 165 Å². The fraction of sp³-hybridized carbons (Fsp3) is 0.455. The molecule has 0 spiro atoms. The molecule has 0 amide bonds. The van der Waals surface area contributed by atoms with Gasteiger partial charge in [0.1, 0.15) is 5.82 Å². The number of aromatic nitrogens is 4. The predicted molar refractivity (Wildman–Crippen MR) is 110 cm³/mol. The molecule has 146 valence electrons. The van der Waals surface area contributed by atoms with Crippen LogP contribution in [0.2, 0.25) is 0 Å². The number of piperidine rings is 1. The molecule has 3 aromatic rings. The van der Waals surface area contributed by atoms with Crippen LogP contribution in [0.5, 0.6) is 0 Å². The zero-order valence-electron chi connectivity index (χ0n) is 16.9. The van der Waals surface area contributed by atoms with Crippen LogP contribution in [0.25, 0.3) is 22.3 Å². The molecule has 0 aromatic carbocycles. The molecule has 1 aliphatic heterocycles. The maximum absolute atomic E-state index is 12.8. The van der Waals surface area contributed by atoms with Crippen LogP contribution in [0.1, 0.15) is 37.7 Å². The van der Waals surface area contributed by atoms with Gasteiger partial charge in [0.05, 0.1) is 35.6 Å². The summed E-state index contributed by atoms with van der Waals surface area (Å²) < 4.78 is 2.03. The highest BCUT2D eigenvalue weighted by Crippen LogP contribution is 2.22. The van der Waals surface area contributed by atoms with Crippen LogP contribution in [0, 0.1) is 6.92 Å². The first-order chi connectivity index (χ1) is 13.5. The number of pyridine rings is 2. The zero-order chi connectivity index (χ0) is 19.7. The molecule has 1 unspecified atom stereocenters. The average molecular weight is 377 g/mol. The number of fused-ring (bicyclic) bond motifs is 1. The van der Waals surface area contributed by atoms with Crippen molar-refractivity contribution in [1.82, 2.24) is 24.4 Å². The minimum absolute atomic E-state index is 0.0468. The highest BCUT2D eigenvalue weighted by atomic mass is 16.1. The van der Waals surface area contributed by atoms with E-state index in [-0.39, 0.29) is 11.8 Å². The van der Waals surface area contributed by atoms with Crippen LogP contribution in [0.4, 0.5) is 0 Å². The van der Waals surface area contributed by atoms with Crippen molar-refractivity contribution in [2.75, 3.05) is 13.1 Å². The van der Waals surface area contributed by atoms with E-state index < -0.39 is 0 Å². The number of hydrogen-bond acceptors (Lipinski definition) is 5. The minimum Gasteiger partial charge on any atom is -0.330 e. The molecule has 3 aromatic heterocycles. The Balaban J connectivity index is 1.56. The second-order valence-electron chi connectivity index (χ2n) is 7.73. The number of likely N-dealkylation sites (tertiary alicyclic amines) is 1. The minimum atomic E-state index is -0.0468. The van der Waals surface area contributed by atoms with Gasteiger partial charge in [-0.3, -0.25) is 14.7 Å². The smallest absolute Gasteiger partial charge is 0.155 e. The fourth-order valence-corrected chi connectivity index (χ4v) is 3.87. The molecule has 6 nitrogen and oxygen atoms in total. The summed E-state index contributed by atoms with van der Waals surface area (Å²) >= 11 is 0. The molecular formula is C22H27N5O. The van der Waals surface area contributed by atoms with Gasteiger partial charge in [-0.1, -0.05) is 6.42 Å². The van der Waals surface area contributed by atoms with Crippen LogP contribution in [0.15, 0.2) is 30.6 Å². The first kappa shape index (κ1) is 18.7. The number of ketones is 1. The molecule has 6 heteroatoms. The van der Waals surface area contributed by atoms with E-state index in [0.717, 1.165) is 46.9 Å². The second kappa shape index (κ2) is 7.80. The monoisotopic (exact) mass is 377 g/mol. The van der Waals surface area contributed by atoms with Crippen LogP contribution in [-0.4, -0.2) is 49.3 Å². The van der Waals surface area contributed by atoms with Gasteiger partial charge in [-0.15, -0.1) is 0 Å². The molecule has 1 saturated heterocycles. The van der Waals surface area contributed by atoms with Crippen LogP contribution >= 0.6 is 0 Å². The van der Waals surface area contributed by atoms with Crippen molar-refractivity contribution in [3.63, 3.8) is 0 Å². The third-order valence-corrected chi connectivity index (χ3v) is 5.87. The lowest BCUT2D eigenvalue weighted by Crippen LogP contribution is -2.42. The van der Waals surface area contributed by atoms with Gasteiger partial charge in [-0.25, -0.2) is 9.97 Å². The van der Waals surface area contributed by atoms with E-state index in [4.69, 9.17) is 4.98 Å². The Morgan fingerprint density at radius 1 is 1.14 bits per heavy atom. The van der Waals surface area contributed by atoms with Crippen molar-refractivity contribution in [3.8, 4) is 11.4 Å². The number of Topliss-reactive ketones (excluding diaryl/α,β-unsaturated/α-hetero) is 1. The number of imidazole rings is 1. The number of carbonyl (C=O) groups is 1. The number of aryl methyl sites for hydroxylation is 1. The Morgan fingerprint density at radius 2 is 1.93 bits per heavy atom. The van der Waals surface area contributed by atoms with Crippen LogP contribution < -0.4 is 0 Å². The highest BCUT2D eigenvalue weighted by Gasteiger charge is 2.23. The van der Waals surface area contributed by atoms with E-state index in [0.29, 0.717) is 6.42 Å². The van der Waals surface area contributed by atoms with Gasteiger partial charge in [-0.2, -0.15) is 0 Å². The maximum Gasteiger partial charge on any atom is 0.155 e. The number of rotatable bonds is 5. The SMILES string of the molecule is Cc1ncc(-c2ccc3cnc(CC(=O)C(C)N4CCCCC4)cc3n2)n1C.